The van der Waals surface area contributed by atoms with Gasteiger partial charge >= 0.3 is 5.97 Å². The van der Waals surface area contributed by atoms with Crippen molar-refractivity contribution in [1.29, 1.82) is 0 Å². The van der Waals surface area contributed by atoms with E-state index in [1.807, 2.05) is 18.2 Å². The average molecular weight is 354 g/mol. The first kappa shape index (κ1) is 23.4. The van der Waals surface area contributed by atoms with Crippen molar-refractivity contribution in [2.75, 3.05) is 13.7 Å². The summed E-state index contributed by atoms with van der Waals surface area (Å²) in [5.74, 6) is -0.146. The summed E-state index contributed by atoms with van der Waals surface area (Å²) in [5.41, 5.74) is 0. The Morgan fingerprint density at radius 3 is 2.56 bits per heavy atom. The molecule has 5 nitrogen and oxygen atoms in total. The Bertz CT molecular complexity index is 405. The summed E-state index contributed by atoms with van der Waals surface area (Å²) in [6.07, 6.45) is 15.5. The van der Waals surface area contributed by atoms with Crippen LogP contribution in [0.4, 0.5) is 0 Å². The molecule has 0 heterocycles. The molecule has 0 aromatic heterocycles. The van der Waals surface area contributed by atoms with Crippen molar-refractivity contribution in [3.63, 3.8) is 0 Å². The molecule has 0 bridgehead atoms. The fourth-order valence-electron chi connectivity index (χ4n) is 2.28. The SMILES string of the molecule is CCCCC[C@H](O)/C=C/C=C\CCNC(=O)CCCCCC(=O)OC. The predicted molar refractivity (Wildman–Crippen MR) is 101 cm³/mol. The van der Waals surface area contributed by atoms with Crippen LogP contribution in [0.5, 0.6) is 0 Å². The first-order valence-corrected chi connectivity index (χ1v) is 9.45. The van der Waals surface area contributed by atoms with E-state index < -0.39 is 0 Å². The number of esters is 1. The van der Waals surface area contributed by atoms with Gasteiger partial charge < -0.3 is 15.2 Å². The summed E-state index contributed by atoms with van der Waals surface area (Å²) in [7, 11) is 1.38. The molecule has 0 unspecified atom stereocenters. The lowest BCUT2D eigenvalue weighted by atomic mass is 10.1. The number of ether oxygens (including phenoxy) is 1. The minimum absolute atomic E-state index is 0.0494. The van der Waals surface area contributed by atoms with Crippen LogP contribution in [0.25, 0.3) is 0 Å². The van der Waals surface area contributed by atoms with Crippen molar-refractivity contribution in [1.82, 2.24) is 5.32 Å². The first-order chi connectivity index (χ1) is 12.1. The lowest BCUT2D eigenvalue weighted by Gasteiger charge is -2.04. The molecule has 0 saturated heterocycles. The molecule has 0 rings (SSSR count). The normalized spacial score (nSPS) is 12.6. The average Bonchev–Trinajstić information content (AvgIpc) is 2.60. The first-order valence-electron chi connectivity index (χ1n) is 9.45. The molecule has 1 atom stereocenters. The van der Waals surface area contributed by atoms with Crippen molar-refractivity contribution in [3.8, 4) is 0 Å². The number of amides is 1. The van der Waals surface area contributed by atoms with Crippen LogP contribution < -0.4 is 5.32 Å². The quantitative estimate of drug-likeness (QED) is 0.268. The molecular weight excluding hydrogens is 318 g/mol. The number of carbonyl (C=O) groups is 2. The molecule has 2 N–H and O–H groups in total. The number of aliphatic hydroxyl groups is 1. The zero-order valence-electron chi connectivity index (χ0n) is 15.8. The minimum atomic E-state index is -0.366. The van der Waals surface area contributed by atoms with Gasteiger partial charge in [-0.25, -0.2) is 0 Å². The second-order valence-electron chi connectivity index (χ2n) is 6.15. The molecule has 0 aliphatic carbocycles. The van der Waals surface area contributed by atoms with Gasteiger partial charge in [0, 0.05) is 19.4 Å². The molecule has 0 aliphatic rings. The van der Waals surface area contributed by atoms with Crippen molar-refractivity contribution in [2.45, 2.75) is 77.2 Å². The summed E-state index contributed by atoms with van der Waals surface area (Å²) in [4.78, 5) is 22.6. The molecular formula is C20H35NO4. The van der Waals surface area contributed by atoms with Crippen LogP contribution in [-0.2, 0) is 14.3 Å². The van der Waals surface area contributed by atoms with E-state index in [-0.39, 0.29) is 18.0 Å². The number of unbranched alkanes of at least 4 members (excludes halogenated alkanes) is 4. The lowest BCUT2D eigenvalue weighted by Crippen LogP contribution is -2.23. The van der Waals surface area contributed by atoms with Crippen LogP contribution in [0.1, 0.15) is 71.1 Å². The van der Waals surface area contributed by atoms with Gasteiger partial charge in [-0.2, -0.15) is 0 Å². The molecule has 25 heavy (non-hydrogen) atoms. The van der Waals surface area contributed by atoms with Gasteiger partial charge in [0.2, 0.25) is 5.91 Å². The van der Waals surface area contributed by atoms with E-state index in [0.717, 1.165) is 51.4 Å². The van der Waals surface area contributed by atoms with Gasteiger partial charge in [-0.05, 0) is 25.7 Å². The highest BCUT2D eigenvalue weighted by Gasteiger charge is 2.02. The predicted octanol–water partition coefficient (Wildman–Crippen LogP) is 3.67. The van der Waals surface area contributed by atoms with E-state index in [1.165, 1.54) is 7.11 Å². The summed E-state index contributed by atoms with van der Waals surface area (Å²) in [6, 6.07) is 0. The van der Waals surface area contributed by atoms with E-state index in [4.69, 9.17) is 0 Å². The van der Waals surface area contributed by atoms with Gasteiger partial charge in [0.1, 0.15) is 0 Å². The molecule has 0 aromatic rings. The number of methoxy groups -OCH3 is 1. The molecule has 0 fully saturated rings. The van der Waals surface area contributed by atoms with Crippen LogP contribution >= 0.6 is 0 Å². The van der Waals surface area contributed by atoms with Crippen molar-refractivity contribution >= 4 is 11.9 Å². The van der Waals surface area contributed by atoms with Crippen LogP contribution in [0, 0.1) is 0 Å². The van der Waals surface area contributed by atoms with Gasteiger partial charge in [-0.3, -0.25) is 9.59 Å². The third-order valence-electron chi connectivity index (χ3n) is 3.83. The zero-order chi connectivity index (χ0) is 18.8. The lowest BCUT2D eigenvalue weighted by molar-refractivity contribution is -0.140. The van der Waals surface area contributed by atoms with E-state index in [9.17, 15) is 14.7 Å². The highest BCUT2D eigenvalue weighted by molar-refractivity contribution is 5.75. The van der Waals surface area contributed by atoms with Crippen molar-refractivity contribution in [2.24, 2.45) is 0 Å². The Kier molecular flexibility index (Phi) is 16.1. The minimum Gasteiger partial charge on any atom is -0.469 e. The van der Waals surface area contributed by atoms with Gasteiger partial charge in [-0.15, -0.1) is 0 Å². The number of allylic oxidation sites excluding steroid dienone is 2. The van der Waals surface area contributed by atoms with E-state index in [0.29, 0.717) is 19.4 Å². The van der Waals surface area contributed by atoms with E-state index in [1.54, 1.807) is 6.08 Å². The van der Waals surface area contributed by atoms with Crippen molar-refractivity contribution < 1.29 is 19.4 Å². The van der Waals surface area contributed by atoms with Crippen molar-refractivity contribution in [3.05, 3.63) is 24.3 Å². The summed E-state index contributed by atoms with van der Waals surface area (Å²) in [5, 5.41) is 12.6. The van der Waals surface area contributed by atoms with Crippen LogP contribution in [0.15, 0.2) is 24.3 Å². The fraction of sp³-hybridized carbons (Fsp3) is 0.700. The molecule has 5 heteroatoms. The molecule has 0 aromatic carbocycles. The fourth-order valence-corrected chi connectivity index (χ4v) is 2.28. The highest BCUT2D eigenvalue weighted by Crippen LogP contribution is 2.05. The number of aliphatic hydroxyl groups excluding tert-OH is 1. The number of carbonyl (C=O) groups excluding carboxylic acids is 2. The zero-order valence-corrected chi connectivity index (χ0v) is 15.8. The third kappa shape index (κ3) is 17.0. The Labute approximate surface area is 152 Å². The number of rotatable bonds is 15. The van der Waals surface area contributed by atoms with Crippen LogP contribution in [0.3, 0.4) is 0 Å². The standard InChI is InChI=1S/C20H35NO4/c1-3-4-8-13-18(22)14-9-5-6-12-17-21-19(23)15-10-7-11-16-20(24)25-2/h5-6,9,14,18,22H,3-4,7-8,10-13,15-17H2,1-2H3,(H,21,23)/b6-5-,14-9+/t18-/m0/s1. The van der Waals surface area contributed by atoms with E-state index in [2.05, 4.69) is 17.0 Å². The second-order valence-corrected chi connectivity index (χ2v) is 6.15. The third-order valence-corrected chi connectivity index (χ3v) is 3.83. The van der Waals surface area contributed by atoms with Gasteiger partial charge in [0.05, 0.1) is 13.2 Å². The Balaban J connectivity index is 3.53. The number of nitrogens with one attached hydrogen (secondary N) is 1. The second kappa shape index (κ2) is 17.2. The molecule has 144 valence electrons. The Morgan fingerprint density at radius 1 is 1.08 bits per heavy atom. The van der Waals surface area contributed by atoms with Gasteiger partial charge in [0.15, 0.2) is 0 Å². The number of hydrogen-bond acceptors (Lipinski definition) is 4. The molecule has 1 amide bonds. The highest BCUT2D eigenvalue weighted by atomic mass is 16.5. The smallest absolute Gasteiger partial charge is 0.305 e. The summed E-state index contributed by atoms with van der Waals surface area (Å²) >= 11 is 0. The maximum absolute atomic E-state index is 11.6. The van der Waals surface area contributed by atoms with Gasteiger partial charge in [-0.1, -0.05) is 56.9 Å². The molecule has 0 spiro atoms. The Morgan fingerprint density at radius 2 is 1.84 bits per heavy atom. The molecule has 0 aliphatic heterocycles. The largest absolute Gasteiger partial charge is 0.469 e. The summed E-state index contributed by atoms with van der Waals surface area (Å²) in [6.45, 7) is 2.76. The topological polar surface area (TPSA) is 75.6 Å². The van der Waals surface area contributed by atoms with Gasteiger partial charge in [0.25, 0.3) is 0 Å². The van der Waals surface area contributed by atoms with Crippen LogP contribution in [0.2, 0.25) is 0 Å². The maximum Gasteiger partial charge on any atom is 0.305 e. The maximum atomic E-state index is 11.6. The summed E-state index contributed by atoms with van der Waals surface area (Å²) < 4.78 is 4.56. The monoisotopic (exact) mass is 353 g/mol. The number of hydrogen-bond donors (Lipinski definition) is 2. The van der Waals surface area contributed by atoms with Crippen LogP contribution in [-0.4, -0.2) is 36.7 Å². The van der Waals surface area contributed by atoms with E-state index >= 15 is 0 Å². The molecule has 0 saturated carbocycles. The molecule has 0 radical (unpaired) electrons. The Hall–Kier alpha value is -1.62.